The molecule has 1 atom stereocenters. The van der Waals surface area contributed by atoms with Gasteiger partial charge in [0.25, 0.3) is 10.0 Å². The smallest absolute Gasteiger partial charge is 0.253 e. The van der Waals surface area contributed by atoms with Crippen molar-refractivity contribution < 1.29 is 13.2 Å². The SMILES string of the molecule is O=C(Nc1nc2c(s1)-c1cccc3cccc-2c13)C1CCCCN1S(=O)(=O)c1ccc(Cl)s1. The maximum Gasteiger partial charge on any atom is 0.253 e. The molecule has 2 aliphatic rings. The normalized spacial score (nSPS) is 17.9. The Morgan fingerprint density at radius 1 is 1.06 bits per heavy atom. The van der Waals surface area contributed by atoms with Crippen LogP contribution in [0.4, 0.5) is 5.13 Å². The van der Waals surface area contributed by atoms with Crippen molar-refractivity contribution in [2.75, 3.05) is 11.9 Å². The van der Waals surface area contributed by atoms with Gasteiger partial charge in [0.05, 0.1) is 14.9 Å². The van der Waals surface area contributed by atoms with E-state index in [4.69, 9.17) is 16.6 Å². The zero-order chi connectivity index (χ0) is 22.7. The second-order valence-electron chi connectivity index (χ2n) is 8.08. The molecule has 2 aromatic carbocycles. The summed E-state index contributed by atoms with van der Waals surface area (Å²) in [5.74, 6) is -0.347. The minimum absolute atomic E-state index is 0.158. The number of rotatable bonds is 4. The van der Waals surface area contributed by atoms with Crippen molar-refractivity contribution in [2.24, 2.45) is 0 Å². The predicted octanol–water partition coefficient (Wildman–Crippen LogP) is 5.84. The van der Waals surface area contributed by atoms with Crippen LogP contribution in [0.15, 0.2) is 52.7 Å². The van der Waals surface area contributed by atoms with Gasteiger partial charge in [-0.2, -0.15) is 4.31 Å². The molecular weight excluding hydrogens is 498 g/mol. The number of fused-ring (bicyclic) bond motifs is 3. The van der Waals surface area contributed by atoms with Gasteiger partial charge >= 0.3 is 0 Å². The van der Waals surface area contributed by atoms with Crippen LogP contribution < -0.4 is 5.32 Å². The molecule has 3 heterocycles. The summed E-state index contributed by atoms with van der Waals surface area (Å²) in [7, 11) is -3.80. The molecule has 1 fully saturated rings. The van der Waals surface area contributed by atoms with Gasteiger partial charge in [-0.3, -0.25) is 4.79 Å². The Kier molecular flexibility index (Phi) is 5.08. The summed E-state index contributed by atoms with van der Waals surface area (Å²) in [5.41, 5.74) is 3.04. The Labute approximate surface area is 203 Å². The summed E-state index contributed by atoms with van der Waals surface area (Å²) < 4.78 is 28.3. The molecule has 0 saturated carbocycles. The van der Waals surface area contributed by atoms with E-state index >= 15 is 0 Å². The highest BCUT2D eigenvalue weighted by molar-refractivity contribution is 7.91. The van der Waals surface area contributed by atoms with E-state index in [1.54, 1.807) is 6.07 Å². The summed E-state index contributed by atoms with van der Waals surface area (Å²) in [6.07, 6.45) is 1.98. The van der Waals surface area contributed by atoms with Gasteiger partial charge in [0.15, 0.2) is 5.13 Å². The van der Waals surface area contributed by atoms with E-state index in [2.05, 4.69) is 23.5 Å². The Morgan fingerprint density at radius 3 is 2.61 bits per heavy atom. The molecule has 0 radical (unpaired) electrons. The van der Waals surface area contributed by atoms with Crippen LogP contribution in [0.25, 0.3) is 32.5 Å². The number of thiazole rings is 1. The van der Waals surface area contributed by atoms with Gasteiger partial charge in [-0.25, -0.2) is 13.4 Å². The van der Waals surface area contributed by atoms with Gasteiger partial charge < -0.3 is 5.32 Å². The highest BCUT2D eigenvalue weighted by Crippen LogP contribution is 2.50. The lowest BCUT2D eigenvalue weighted by molar-refractivity contribution is -0.120. The number of sulfonamides is 1. The van der Waals surface area contributed by atoms with Crippen LogP contribution in [0.1, 0.15) is 19.3 Å². The standard InChI is InChI=1S/C23H18ClN3O3S3/c24-17-10-11-18(31-17)33(29,30)27-12-2-1-9-16(27)22(28)26-23-25-20-14-7-3-5-13-6-4-8-15(19(13)14)21(20)32-23/h3-8,10-11,16H,1-2,9,12H2,(H,25,26,28). The Bertz CT molecular complexity index is 1470. The van der Waals surface area contributed by atoms with Crippen LogP contribution in [-0.2, 0) is 14.8 Å². The Balaban J connectivity index is 1.29. The summed E-state index contributed by atoms with van der Waals surface area (Å²) in [6, 6.07) is 14.6. The van der Waals surface area contributed by atoms with E-state index in [0.29, 0.717) is 28.9 Å². The van der Waals surface area contributed by atoms with Gasteiger partial charge in [-0.05, 0) is 35.7 Å². The maximum atomic E-state index is 13.3. The molecule has 1 saturated heterocycles. The minimum atomic E-state index is -3.80. The van der Waals surface area contributed by atoms with Crippen molar-refractivity contribution >= 4 is 66.1 Å². The number of benzene rings is 2. The quantitative estimate of drug-likeness (QED) is 0.326. The zero-order valence-electron chi connectivity index (χ0n) is 17.2. The number of thiophene rings is 1. The Hall–Kier alpha value is -2.30. The van der Waals surface area contributed by atoms with Gasteiger partial charge in [-0.15, -0.1) is 11.3 Å². The van der Waals surface area contributed by atoms with Crippen LogP contribution in [-0.4, -0.2) is 36.2 Å². The van der Waals surface area contributed by atoms with E-state index in [9.17, 15) is 13.2 Å². The number of nitrogens with zero attached hydrogens (tertiary/aromatic N) is 2. The van der Waals surface area contributed by atoms with Gasteiger partial charge in [-0.1, -0.05) is 65.8 Å². The number of piperidine rings is 1. The van der Waals surface area contributed by atoms with Crippen molar-refractivity contribution in [3.05, 3.63) is 52.9 Å². The van der Waals surface area contributed by atoms with Crippen molar-refractivity contribution in [3.8, 4) is 21.7 Å². The first kappa shape index (κ1) is 21.2. The van der Waals surface area contributed by atoms with Crippen LogP contribution in [0.2, 0.25) is 4.34 Å². The molecule has 4 aromatic rings. The molecule has 1 aliphatic heterocycles. The third kappa shape index (κ3) is 3.41. The fraction of sp³-hybridized carbons (Fsp3) is 0.217. The molecule has 1 aliphatic carbocycles. The summed E-state index contributed by atoms with van der Waals surface area (Å²) >= 11 is 8.40. The van der Waals surface area contributed by atoms with Crippen LogP contribution in [0.5, 0.6) is 0 Å². The molecule has 1 N–H and O–H groups in total. The highest BCUT2D eigenvalue weighted by atomic mass is 35.5. The predicted molar refractivity (Wildman–Crippen MR) is 134 cm³/mol. The molecule has 168 valence electrons. The van der Waals surface area contributed by atoms with E-state index in [0.717, 1.165) is 44.8 Å². The number of carbonyl (C=O) groups is 1. The second-order valence-corrected chi connectivity index (χ2v) is 12.9. The summed E-state index contributed by atoms with van der Waals surface area (Å²) in [4.78, 5) is 19.0. The van der Waals surface area contributed by atoms with E-state index < -0.39 is 16.1 Å². The number of halogens is 1. The van der Waals surface area contributed by atoms with Crippen molar-refractivity contribution in [1.29, 1.82) is 0 Å². The van der Waals surface area contributed by atoms with Crippen molar-refractivity contribution in [1.82, 2.24) is 9.29 Å². The van der Waals surface area contributed by atoms with E-state index in [1.807, 2.05) is 18.2 Å². The first-order valence-corrected chi connectivity index (χ1v) is 14.0. The van der Waals surface area contributed by atoms with E-state index in [1.165, 1.54) is 27.1 Å². The Morgan fingerprint density at radius 2 is 1.85 bits per heavy atom. The zero-order valence-corrected chi connectivity index (χ0v) is 20.5. The fourth-order valence-electron chi connectivity index (χ4n) is 4.66. The molecule has 6 nitrogen and oxygen atoms in total. The van der Waals surface area contributed by atoms with Gasteiger partial charge in [0.1, 0.15) is 10.3 Å². The lowest BCUT2D eigenvalue weighted by atomic mass is 10.0. The highest BCUT2D eigenvalue weighted by Gasteiger charge is 2.39. The summed E-state index contributed by atoms with van der Waals surface area (Å²) in [6.45, 7) is 0.305. The monoisotopic (exact) mass is 515 g/mol. The van der Waals surface area contributed by atoms with Crippen LogP contribution in [0, 0.1) is 0 Å². The molecule has 2 aromatic heterocycles. The first-order chi connectivity index (χ1) is 15.9. The fourth-order valence-corrected chi connectivity index (χ4v) is 8.94. The van der Waals surface area contributed by atoms with Crippen molar-refractivity contribution in [3.63, 3.8) is 0 Å². The number of carbonyl (C=O) groups excluding carboxylic acids is 1. The van der Waals surface area contributed by atoms with Crippen molar-refractivity contribution in [2.45, 2.75) is 29.5 Å². The maximum absolute atomic E-state index is 13.3. The number of anilines is 1. The molecule has 1 unspecified atom stereocenters. The third-order valence-corrected chi connectivity index (χ3v) is 10.7. The number of hydrogen-bond donors (Lipinski definition) is 1. The lowest BCUT2D eigenvalue weighted by Crippen LogP contribution is -2.49. The number of hydrogen-bond acceptors (Lipinski definition) is 6. The molecule has 0 bridgehead atoms. The number of aromatic nitrogens is 1. The number of amides is 1. The average molecular weight is 516 g/mol. The van der Waals surface area contributed by atoms with Crippen LogP contribution >= 0.6 is 34.3 Å². The van der Waals surface area contributed by atoms with Crippen LogP contribution in [0.3, 0.4) is 0 Å². The lowest BCUT2D eigenvalue weighted by Gasteiger charge is -2.32. The largest absolute Gasteiger partial charge is 0.301 e. The van der Waals surface area contributed by atoms with Gasteiger partial charge in [0, 0.05) is 17.7 Å². The third-order valence-electron chi connectivity index (χ3n) is 6.13. The van der Waals surface area contributed by atoms with E-state index in [-0.39, 0.29) is 10.1 Å². The molecular formula is C23H18ClN3O3S3. The van der Waals surface area contributed by atoms with Gasteiger partial charge in [0.2, 0.25) is 5.91 Å². The topological polar surface area (TPSA) is 79.4 Å². The molecule has 0 spiro atoms. The minimum Gasteiger partial charge on any atom is -0.301 e. The number of nitrogens with one attached hydrogen (secondary N) is 1. The molecule has 10 heteroatoms. The second kappa shape index (κ2) is 7.89. The molecule has 1 amide bonds. The molecule has 33 heavy (non-hydrogen) atoms. The average Bonchev–Trinajstić information content (AvgIpc) is 3.51. The first-order valence-electron chi connectivity index (χ1n) is 10.5. The molecule has 6 rings (SSSR count). The summed E-state index contributed by atoms with van der Waals surface area (Å²) in [5, 5.41) is 5.74.